The molecule has 1 aromatic heterocycles. The van der Waals surface area contributed by atoms with Crippen molar-refractivity contribution in [1.82, 2.24) is 14.5 Å². The molecule has 2 fully saturated rings. The molecule has 3 heterocycles. The monoisotopic (exact) mass is 323 g/mol. The number of hydrogen-bond acceptors (Lipinski definition) is 3. The summed E-state index contributed by atoms with van der Waals surface area (Å²) >= 11 is 0. The van der Waals surface area contributed by atoms with Crippen LogP contribution in [0.2, 0.25) is 0 Å². The van der Waals surface area contributed by atoms with Crippen molar-refractivity contribution < 1.29 is 5.11 Å². The molecular weight excluding hydrogens is 298 g/mol. The molecule has 1 aliphatic carbocycles. The molecule has 4 nitrogen and oxygen atoms in total. The molecular formula is C20H25N3O. The quantitative estimate of drug-likeness (QED) is 0.877. The predicted molar refractivity (Wildman–Crippen MR) is 93.7 cm³/mol. The SMILES string of the molecule is CN1CCC2(CC[C@@H]([C@@H]3c4ccccc4-c4cncn43)[C@@H]2O)CC1. The van der Waals surface area contributed by atoms with Crippen LogP contribution in [0.3, 0.4) is 0 Å². The first kappa shape index (κ1) is 14.7. The van der Waals surface area contributed by atoms with Gasteiger partial charge in [-0.25, -0.2) is 4.98 Å². The molecule has 2 aromatic rings. The van der Waals surface area contributed by atoms with E-state index in [0.717, 1.165) is 38.8 Å². The Morgan fingerprint density at radius 1 is 1.17 bits per heavy atom. The molecule has 0 radical (unpaired) electrons. The Labute approximate surface area is 143 Å². The first-order valence-corrected chi connectivity index (χ1v) is 9.17. The van der Waals surface area contributed by atoms with Crippen LogP contribution in [0.25, 0.3) is 11.3 Å². The Morgan fingerprint density at radius 3 is 2.79 bits per heavy atom. The molecule has 1 N–H and O–H groups in total. The number of benzene rings is 1. The van der Waals surface area contributed by atoms with E-state index >= 15 is 0 Å². The van der Waals surface area contributed by atoms with Crippen LogP contribution in [0.15, 0.2) is 36.8 Å². The number of fused-ring (bicyclic) bond motifs is 3. The van der Waals surface area contributed by atoms with Gasteiger partial charge < -0.3 is 14.6 Å². The molecule has 1 saturated carbocycles. The predicted octanol–water partition coefficient (Wildman–Crippen LogP) is 2.94. The van der Waals surface area contributed by atoms with E-state index in [-0.39, 0.29) is 17.6 Å². The number of nitrogens with zero attached hydrogens (tertiary/aromatic N) is 3. The maximum atomic E-state index is 11.3. The van der Waals surface area contributed by atoms with E-state index in [0.29, 0.717) is 5.92 Å². The maximum Gasteiger partial charge on any atom is 0.0956 e. The number of piperidine rings is 1. The Hall–Kier alpha value is -1.65. The molecule has 0 unspecified atom stereocenters. The molecule has 2 aliphatic heterocycles. The number of rotatable bonds is 1. The van der Waals surface area contributed by atoms with E-state index in [2.05, 4.69) is 45.8 Å². The highest BCUT2D eigenvalue weighted by atomic mass is 16.3. The zero-order valence-electron chi connectivity index (χ0n) is 14.2. The van der Waals surface area contributed by atoms with Crippen molar-refractivity contribution in [2.75, 3.05) is 20.1 Å². The standard InChI is InChI=1S/C20H25N3O/c1-22-10-8-20(9-11-22)7-6-16(19(20)24)18-15-5-3-2-4-14(15)17-12-21-13-23(17)18/h2-5,12-13,16,18-19,24H,6-11H2,1H3/t16-,18-,19-/m0/s1. The summed E-state index contributed by atoms with van der Waals surface area (Å²) in [6, 6.07) is 8.89. The van der Waals surface area contributed by atoms with Gasteiger partial charge in [-0.2, -0.15) is 0 Å². The Balaban J connectivity index is 1.52. The first-order chi connectivity index (χ1) is 11.7. The van der Waals surface area contributed by atoms with Crippen molar-refractivity contribution in [2.45, 2.75) is 37.8 Å². The summed E-state index contributed by atoms with van der Waals surface area (Å²) < 4.78 is 2.30. The number of aromatic nitrogens is 2. The average molecular weight is 323 g/mol. The topological polar surface area (TPSA) is 41.3 Å². The molecule has 0 amide bonds. The summed E-state index contributed by atoms with van der Waals surface area (Å²) in [6.07, 6.45) is 8.24. The van der Waals surface area contributed by atoms with Crippen LogP contribution in [0.1, 0.15) is 37.3 Å². The summed E-state index contributed by atoms with van der Waals surface area (Å²) in [4.78, 5) is 6.77. The van der Waals surface area contributed by atoms with Gasteiger partial charge in [0.1, 0.15) is 0 Å². The molecule has 0 bridgehead atoms. The van der Waals surface area contributed by atoms with Crippen LogP contribution >= 0.6 is 0 Å². The fourth-order valence-electron chi connectivity index (χ4n) is 5.46. The summed E-state index contributed by atoms with van der Waals surface area (Å²) in [5.41, 5.74) is 3.99. The number of hydrogen-bond donors (Lipinski definition) is 1. The van der Waals surface area contributed by atoms with Crippen LogP contribution in [-0.2, 0) is 0 Å². The van der Waals surface area contributed by atoms with E-state index in [9.17, 15) is 5.11 Å². The van der Waals surface area contributed by atoms with Gasteiger partial charge in [0.15, 0.2) is 0 Å². The third-order valence-electron chi connectivity index (χ3n) is 6.92. The van der Waals surface area contributed by atoms with E-state index in [4.69, 9.17) is 0 Å². The normalized spacial score (nSPS) is 31.3. The van der Waals surface area contributed by atoms with Gasteiger partial charge in [-0.05, 0) is 56.8 Å². The minimum atomic E-state index is -0.211. The van der Waals surface area contributed by atoms with Gasteiger partial charge in [-0.15, -0.1) is 0 Å². The van der Waals surface area contributed by atoms with E-state index in [1.54, 1.807) is 0 Å². The lowest BCUT2D eigenvalue weighted by molar-refractivity contribution is -0.0217. The van der Waals surface area contributed by atoms with Crippen molar-refractivity contribution >= 4 is 0 Å². The Morgan fingerprint density at radius 2 is 1.96 bits per heavy atom. The fourth-order valence-corrected chi connectivity index (χ4v) is 5.46. The van der Waals surface area contributed by atoms with Gasteiger partial charge >= 0.3 is 0 Å². The van der Waals surface area contributed by atoms with Gasteiger partial charge in [-0.1, -0.05) is 24.3 Å². The molecule has 24 heavy (non-hydrogen) atoms. The first-order valence-electron chi connectivity index (χ1n) is 9.17. The smallest absolute Gasteiger partial charge is 0.0956 e. The van der Waals surface area contributed by atoms with Gasteiger partial charge in [0, 0.05) is 11.5 Å². The fraction of sp³-hybridized carbons (Fsp3) is 0.550. The third-order valence-corrected chi connectivity index (χ3v) is 6.92. The van der Waals surface area contributed by atoms with Crippen LogP contribution in [0.4, 0.5) is 0 Å². The van der Waals surface area contributed by atoms with Gasteiger partial charge in [0.2, 0.25) is 0 Å². The largest absolute Gasteiger partial charge is 0.392 e. The van der Waals surface area contributed by atoms with Crippen molar-refractivity contribution in [3.05, 3.63) is 42.4 Å². The molecule has 1 spiro atoms. The lowest BCUT2D eigenvalue weighted by atomic mass is 9.73. The summed E-state index contributed by atoms with van der Waals surface area (Å²) in [6.45, 7) is 2.22. The second-order valence-electron chi connectivity index (χ2n) is 8.03. The summed E-state index contributed by atoms with van der Waals surface area (Å²) in [7, 11) is 2.19. The highest BCUT2D eigenvalue weighted by Gasteiger charge is 2.52. The second kappa shape index (κ2) is 5.17. The summed E-state index contributed by atoms with van der Waals surface area (Å²) in [5.74, 6) is 0.296. The number of imidazole rings is 1. The minimum Gasteiger partial charge on any atom is -0.392 e. The highest BCUT2D eigenvalue weighted by molar-refractivity contribution is 5.69. The lowest BCUT2D eigenvalue weighted by Crippen LogP contribution is -2.44. The minimum absolute atomic E-state index is 0.134. The zero-order valence-corrected chi connectivity index (χ0v) is 14.2. The van der Waals surface area contributed by atoms with Crippen LogP contribution in [0.5, 0.6) is 0 Å². The zero-order chi connectivity index (χ0) is 16.3. The van der Waals surface area contributed by atoms with Gasteiger partial charge in [0.25, 0.3) is 0 Å². The number of aliphatic hydroxyl groups excluding tert-OH is 1. The van der Waals surface area contributed by atoms with Crippen molar-refractivity contribution in [3.63, 3.8) is 0 Å². The number of likely N-dealkylation sites (tertiary alicyclic amines) is 1. The van der Waals surface area contributed by atoms with Crippen molar-refractivity contribution in [3.8, 4) is 11.3 Å². The lowest BCUT2D eigenvalue weighted by Gasteiger charge is -2.41. The third kappa shape index (κ3) is 1.90. The second-order valence-corrected chi connectivity index (χ2v) is 8.03. The van der Waals surface area contributed by atoms with E-state index in [1.807, 2.05) is 12.5 Å². The number of aliphatic hydroxyl groups is 1. The molecule has 5 rings (SSSR count). The summed E-state index contributed by atoms with van der Waals surface area (Å²) in [5, 5.41) is 11.3. The van der Waals surface area contributed by atoms with Crippen LogP contribution in [0, 0.1) is 11.3 Å². The van der Waals surface area contributed by atoms with Gasteiger partial charge in [0.05, 0.1) is 30.4 Å². The molecule has 3 atom stereocenters. The van der Waals surface area contributed by atoms with Gasteiger partial charge in [-0.3, -0.25) is 0 Å². The average Bonchev–Trinajstić information content (AvgIpc) is 3.26. The van der Waals surface area contributed by atoms with E-state index in [1.165, 1.54) is 16.8 Å². The highest BCUT2D eigenvalue weighted by Crippen LogP contribution is 2.55. The molecule has 3 aliphatic rings. The van der Waals surface area contributed by atoms with Crippen molar-refractivity contribution in [2.24, 2.45) is 11.3 Å². The van der Waals surface area contributed by atoms with Crippen LogP contribution in [-0.4, -0.2) is 45.8 Å². The Bertz CT molecular complexity index is 760. The molecule has 126 valence electrons. The molecule has 1 saturated heterocycles. The van der Waals surface area contributed by atoms with Crippen LogP contribution < -0.4 is 0 Å². The molecule has 4 heteroatoms. The van der Waals surface area contributed by atoms with E-state index < -0.39 is 0 Å². The Kier molecular flexibility index (Phi) is 3.16. The maximum absolute atomic E-state index is 11.3. The van der Waals surface area contributed by atoms with Crippen molar-refractivity contribution in [1.29, 1.82) is 0 Å². The molecule has 1 aromatic carbocycles.